The van der Waals surface area contributed by atoms with E-state index in [1.54, 1.807) is 13.2 Å². The first kappa shape index (κ1) is 21.2. The van der Waals surface area contributed by atoms with Gasteiger partial charge in [0.15, 0.2) is 5.16 Å². The number of aromatic nitrogens is 2. The molecule has 0 fully saturated rings. The summed E-state index contributed by atoms with van der Waals surface area (Å²) in [4.78, 5) is 43.6. The van der Waals surface area contributed by atoms with E-state index in [1.165, 1.54) is 44.2 Å². The molecule has 0 spiro atoms. The van der Waals surface area contributed by atoms with Crippen LogP contribution < -0.4 is 10.1 Å². The summed E-state index contributed by atoms with van der Waals surface area (Å²) in [6.07, 6.45) is 0. The highest BCUT2D eigenvalue weighted by atomic mass is 32.2. The standard InChI is InChI=1S/C20H19N3O6S/c1-27-14-4-5-15-16(9-14)23-20(22-15)30-10-17(24)21-13-7-11(18(25)28-2)6-12(8-13)19(26)29-3/h4-9H,10H2,1-3H3,(H,21,24)(H,22,23). The molecule has 3 aromatic rings. The van der Waals surface area contributed by atoms with Gasteiger partial charge in [-0.1, -0.05) is 11.8 Å². The maximum atomic E-state index is 12.4. The molecule has 0 aliphatic carbocycles. The minimum Gasteiger partial charge on any atom is -0.497 e. The van der Waals surface area contributed by atoms with Gasteiger partial charge in [0.1, 0.15) is 5.75 Å². The van der Waals surface area contributed by atoms with Crippen LogP contribution >= 0.6 is 11.8 Å². The van der Waals surface area contributed by atoms with E-state index in [1.807, 2.05) is 12.1 Å². The number of imidazole rings is 1. The zero-order chi connectivity index (χ0) is 21.7. The number of H-pyrrole nitrogens is 1. The Morgan fingerprint density at radius 3 is 2.27 bits per heavy atom. The van der Waals surface area contributed by atoms with E-state index in [9.17, 15) is 14.4 Å². The zero-order valence-corrected chi connectivity index (χ0v) is 17.3. The summed E-state index contributed by atoms with van der Waals surface area (Å²) in [5.74, 6) is -0.845. The second-order valence-electron chi connectivity index (χ2n) is 6.04. The molecule has 0 unspecified atom stereocenters. The normalized spacial score (nSPS) is 10.5. The van der Waals surface area contributed by atoms with Gasteiger partial charge in [0, 0.05) is 11.8 Å². The quantitative estimate of drug-likeness (QED) is 0.435. The highest BCUT2D eigenvalue weighted by Gasteiger charge is 2.15. The predicted octanol–water partition coefficient (Wildman–Crippen LogP) is 2.88. The molecule has 3 rings (SSSR count). The number of carbonyl (C=O) groups is 3. The maximum Gasteiger partial charge on any atom is 0.337 e. The molecule has 10 heteroatoms. The molecule has 1 heterocycles. The van der Waals surface area contributed by atoms with Crippen molar-refractivity contribution in [2.24, 2.45) is 0 Å². The SMILES string of the molecule is COC(=O)c1cc(NC(=O)CSc2nc3ccc(OC)cc3[nH]2)cc(C(=O)OC)c1. The molecule has 2 aromatic carbocycles. The van der Waals surface area contributed by atoms with Crippen molar-refractivity contribution in [2.45, 2.75) is 5.16 Å². The lowest BCUT2D eigenvalue weighted by molar-refractivity contribution is -0.113. The van der Waals surface area contributed by atoms with Gasteiger partial charge in [0.25, 0.3) is 0 Å². The Labute approximate surface area is 176 Å². The summed E-state index contributed by atoms with van der Waals surface area (Å²) in [7, 11) is 4.04. The fraction of sp³-hybridized carbons (Fsp3) is 0.200. The van der Waals surface area contributed by atoms with Gasteiger partial charge in [0.05, 0.1) is 49.2 Å². The van der Waals surface area contributed by atoms with Crippen molar-refractivity contribution in [1.29, 1.82) is 0 Å². The Balaban J connectivity index is 1.71. The van der Waals surface area contributed by atoms with Gasteiger partial charge in [-0.15, -0.1) is 0 Å². The van der Waals surface area contributed by atoms with Crippen LogP contribution in [-0.4, -0.2) is 54.9 Å². The van der Waals surface area contributed by atoms with Gasteiger partial charge in [-0.05, 0) is 30.3 Å². The number of thioether (sulfide) groups is 1. The highest BCUT2D eigenvalue weighted by Crippen LogP contribution is 2.23. The summed E-state index contributed by atoms with van der Waals surface area (Å²) < 4.78 is 14.6. The molecule has 1 amide bonds. The number of benzene rings is 2. The summed E-state index contributed by atoms with van der Waals surface area (Å²) in [5, 5.41) is 3.24. The van der Waals surface area contributed by atoms with Gasteiger partial charge in [-0.25, -0.2) is 14.6 Å². The molecule has 156 valence electrons. The second-order valence-corrected chi connectivity index (χ2v) is 7.01. The molecule has 0 aliphatic rings. The van der Waals surface area contributed by atoms with Crippen LogP contribution in [-0.2, 0) is 14.3 Å². The van der Waals surface area contributed by atoms with Gasteiger partial charge < -0.3 is 24.5 Å². The van der Waals surface area contributed by atoms with E-state index >= 15 is 0 Å². The third kappa shape index (κ3) is 4.90. The summed E-state index contributed by atoms with van der Waals surface area (Å²) in [6.45, 7) is 0. The van der Waals surface area contributed by atoms with E-state index in [0.717, 1.165) is 11.0 Å². The van der Waals surface area contributed by atoms with Crippen LogP contribution in [0.4, 0.5) is 5.69 Å². The van der Waals surface area contributed by atoms with Crippen molar-refractivity contribution >= 4 is 46.3 Å². The molecular weight excluding hydrogens is 410 g/mol. The van der Waals surface area contributed by atoms with Crippen molar-refractivity contribution in [1.82, 2.24) is 9.97 Å². The number of methoxy groups -OCH3 is 3. The molecule has 30 heavy (non-hydrogen) atoms. The first-order valence-electron chi connectivity index (χ1n) is 8.71. The van der Waals surface area contributed by atoms with Crippen LogP contribution in [0.25, 0.3) is 11.0 Å². The fourth-order valence-corrected chi connectivity index (χ4v) is 3.35. The van der Waals surface area contributed by atoms with E-state index in [4.69, 9.17) is 4.74 Å². The second kappa shape index (κ2) is 9.31. The van der Waals surface area contributed by atoms with Crippen molar-refractivity contribution in [3.05, 3.63) is 47.5 Å². The topological polar surface area (TPSA) is 120 Å². The van der Waals surface area contributed by atoms with E-state index in [-0.39, 0.29) is 28.5 Å². The van der Waals surface area contributed by atoms with Gasteiger partial charge in [-0.2, -0.15) is 0 Å². The average molecular weight is 429 g/mol. The van der Waals surface area contributed by atoms with Crippen LogP contribution in [0.5, 0.6) is 5.75 Å². The lowest BCUT2D eigenvalue weighted by atomic mass is 10.1. The number of rotatable bonds is 7. The minimum atomic E-state index is -0.636. The van der Waals surface area contributed by atoms with Crippen LogP contribution in [0.1, 0.15) is 20.7 Å². The Hall–Kier alpha value is -3.53. The van der Waals surface area contributed by atoms with Gasteiger partial charge in [-0.3, -0.25) is 4.79 Å². The summed E-state index contributed by atoms with van der Waals surface area (Å²) in [5.41, 5.74) is 2.07. The molecule has 0 saturated carbocycles. The van der Waals surface area contributed by atoms with Crippen LogP contribution in [0, 0.1) is 0 Å². The number of amides is 1. The van der Waals surface area contributed by atoms with E-state index < -0.39 is 11.9 Å². The van der Waals surface area contributed by atoms with Gasteiger partial charge >= 0.3 is 11.9 Å². The lowest BCUT2D eigenvalue weighted by Crippen LogP contribution is -2.16. The number of esters is 2. The van der Waals surface area contributed by atoms with Crippen molar-refractivity contribution in [3.63, 3.8) is 0 Å². The van der Waals surface area contributed by atoms with Crippen molar-refractivity contribution in [2.75, 3.05) is 32.4 Å². The van der Waals surface area contributed by atoms with Crippen LogP contribution in [0.3, 0.4) is 0 Å². The zero-order valence-electron chi connectivity index (χ0n) is 16.5. The lowest BCUT2D eigenvalue weighted by Gasteiger charge is -2.09. The third-order valence-corrected chi connectivity index (χ3v) is 4.94. The molecule has 2 N–H and O–H groups in total. The Morgan fingerprint density at radius 2 is 1.67 bits per heavy atom. The van der Waals surface area contributed by atoms with Crippen molar-refractivity contribution < 1.29 is 28.6 Å². The number of nitrogens with one attached hydrogen (secondary N) is 2. The third-order valence-electron chi connectivity index (χ3n) is 4.07. The average Bonchev–Trinajstić information content (AvgIpc) is 3.18. The number of ether oxygens (including phenoxy) is 3. The summed E-state index contributed by atoms with van der Waals surface area (Å²) in [6, 6.07) is 9.63. The van der Waals surface area contributed by atoms with E-state index in [0.29, 0.717) is 10.9 Å². The number of hydrogen-bond acceptors (Lipinski definition) is 8. The smallest absolute Gasteiger partial charge is 0.337 e. The highest BCUT2D eigenvalue weighted by molar-refractivity contribution is 7.99. The molecule has 0 atom stereocenters. The monoisotopic (exact) mass is 429 g/mol. The number of aromatic amines is 1. The molecule has 0 bridgehead atoms. The largest absolute Gasteiger partial charge is 0.497 e. The number of anilines is 1. The number of nitrogens with zero attached hydrogens (tertiary/aromatic N) is 1. The molecular formula is C20H19N3O6S. The molecule has 0 aliphatic heterocycles. The Kier molecular flexibility index (Phi) is 6.58. The molecule has 0 saturated heterocycles. The Bertz CT molecular complexity index is 1080. The molecule has 9 nitrogen and oxygen atoms in total. The first-order chi connectivity index (χ1) is 14.4. The summed E-state index contributed by atoms with van der Waals surface area (Å²) >= 11 is 1.21. The molecule has 0 radical (unpaired) electrons. The Morgan fingerprint density at radius 1 is 1.00 bits per heavy atom. The number of fused-ring (bicyclic) bond motifs is 1. The minimum absolute atomic E-state index is 0.0625. The number of hydrogen-bond donors (Lipinski definition) is 2. The van der Waals surface area contributed by atoms with E-state index in [2.05, 4.69) is 24.8 Å². The van der Waals surface area contributed by atoms with Crippen LogP contribution in [0.15, 0.2) is 41.6 Å². The fourth-order valence-electron chi connectivity index (χ4n) is 2.66. The number of carbonyl (C=O) groups excluding carboxylic acids is 3. The maximum absolute atomic E-state index is 12.4. The predicted molar refractivity (Wildman–Crippen MR) is 111 cm³/mol. The van der Waals surface area contributed by atoms with Gasteiger partial charge in [0.2, 0.25) is 5.91 Å². The first-order valence-corrected chi connectivity index (χ1v) is 9.70. The molecule has 1 aromatic heterocycles. The van der Waals surface area contributed by atoms with Crippen molar-refractivity contribution in [3.8, 4) is 5.75 Å². The van der Waals surface area contributed by atoms with Crippen LogP contribution in [0.2, 0.25) is 0 Å².